The van der Waals surface area contributed by atoms with Gasteiger partial charge < -0.3 is 23.8 Å². The van der Waals surface area contributed by atoms with E-state index >= 15 is 0 Å². The molecule has 3 aromatic rings. The third kappa shape index (κ3) is 6.21. The molecular formula is C26H28ClN3O5. The van der Waals surface area contributed by atoms with Gasteiger partial charge in [0.1, 0.15) is 29.3 Å². The van der Waals surface area contributed by atoms with E-state index in [1.54, 1.807) is 48.0 Å². The summed E-state index contributed by atoms with van der Waals surface area (Å²) in [5.74, 6) is 0.723. The molecule has 35 heavy (non-hydrogen) atoms. The van der Waals surface area contributed by atoms with E-state index in [1.165, 1.54) is 6.20 Å². The van der Waals surface area contributed by atoms with Gasteiger partial charge in [-0.25, -0.2) is 0 Å². The minimum Gasteiger partial charge on any atom is -0.490 e. The molecule has 2 aromatic carbocycles. The van der Waals surface area contributed by atoms with E-state index in [2.05, 4.69) is 5.16 Å². The van der Waals surface area contributed by atoms with Crippen LogP contribution in [0.1, 0.15) is 28.1 Å². The molecule has 1 aliphatic heterocycles. The first-order chi connectivity index (χ1) is 16.8. The summed E-state index contributed by atoms with van der Waals surface area (Å²) in [6, 6.07) is 16.7. The Morgan fingerprint density at radius 1 is 1.17 bits per heavy atom. The third-order valence-corrected chi connectivity index (χ3v) is 6.25. The van der Waals surface area contributed by atoms with Crippen molar-refractivity contribution >= 4 is 23.4 Å². The lowest BCUT2D eigenvalue weighted by Gasteiger charge is -2.42. The molecule has 0 saturated carbocycles. The number of aromatic nitrogens is 1. The van der Waals surface area contributed by atoms with Gasteiger partial charge in [-0.05, 0) is 36.8 Å². The molecule has 0 radical (unpaired) electrons. The van der Waals surface area contributed by atoms with Crippen molar-refractivity contribution in [3.63, 3.8) is 0 Å². The normalized spacial score (nSPS) is 17.7. The monoisotopic (exact) mass is 497 g/mol. The van der Waals surface area contributed by atoms with Gasteiger partial charge in [0.15, 0.2) is 0 Å². The number of carbonyl (C=O) groups is 2. The first kappa shape index (κ1) is 24.8. The molecular weight excluding hydrogens is 470 g/mol. The smallest absolute Gasteiger partial charge is 0.259 e. The van der Waals surface area contributed by atoms with Crippen molar-refractivity contribution in [2.24, 2.45) is 0 Å². The summed E-state index contributed by atoms with van der Waals surface area (Å²) in [7, 11) is 1.76. The molecule has 2 amide bonds. The fourth-order valence-corrected chi connectivity index (χ4v) is 4.17. The summed E-state index contributed by atoms with van der Waals surface area (Å²) >= 11 is 5.99. The van der Waals surface area contributed by atoms with Crippen molar-refractivity contribution < 1.29 is 23.6 Å². The van der Waals surface area contributed by atoms with Gasteiger partial charge in [-0.1, -0.05) is 47.1 Å². The molecule has 8 nitrogen and oxygen atoms in total. The van der Waals surface area contributed by atoms with Gasteiger partial charge in [0.05, 0.1) is 25.8 Å². The van der Waals surface area contributed by atoms with E-state index in [1.807, 2.05) is 30.3 Å². The molecule has 2 heterocycles. The highest BCUT2D eigenvalue weighted by Crippen LogP contribution is 2.27. The molecule has 184 valence electrons. The topological polar surface area (TPSA) is 85.1 Å². The zero-order valence-corrected chi connectivity index (χ0v) is 20.5. The van der Waals surface area contributed by atoms with Crippen LogP contribution in [0, 0.1) is 6.92 Å². The van der Waals surface area contributed by atoms with Crippen LogP contribution in [0.3, 0.4) is 0 Å². The van der Waals surface area contributed by atoms with Gasteiger partial charge in [-0.15, -0.1) is 0 Å². The maximum atomic E-state index is 13.3. The Kier molecular flexibility index (Phi) is 7.73. The zero-order valence-electron chi connectivity index (χ0n) is 19.8. The van der Waals surface area contributed by atoms with Crippen molar-refractivity contribution in [1.82, 2.24) is 15.0 Å². The lowest BCUT2D eigenvalue weighted by Crippen LogP contribution is -2.58. The highest BCUT2D eigenvalue weighted by Gasteiger charge is 2.42. The standard InChI is InChI=1S/C26H28ClN3O5/c1-19-23(15-28-35-19)25(32)30-12-13-34-26(17-30,18-33-22-10-8-21(27)9-11-22)14-24(31)29(2)16-20-6-4-3-5-7-20/h3-11,15H,12-14,16-18H2,1-2H3/t26-/m0/s1. The predicted octanol–water partition coefficient (Wildman–Crippen LogP) is 3.98. The van der Waals surface area contributed by atoms with Crippen LogP contribution in [0.2, 0.25) is 5.02 Å². The van der Waals surface area contributed by atoms with Crippen molar-refractivity contribution in [1.29, 1.82) is 0 Å². The zero-order chi connectivity index (χ0) is 24.8. The Balaban J connectivity index is 1.52. The van der Waals surface area contributed by atoms with Crippen LogP contribution in [0.4, 0.5) is 0 Å². The Hall–Kier alpha value is -3.36. The molecule has 1 atom stereocenters. The van der Waals surface area contributed by atoms with Gasteiger partial charge in [0.2, 0.25) is 5.91 Å². The van der Waals surface area contributed by atoms with Crippen LogP contribution >= 0.6 is 11.6 Å². The van der Waals surface area contributed by atoms with Gasteiger partial charge in [-0.3, -0.25) is 9.59 Å². The van der Waals surface area contributed by atoms with E-state index in [0.717, 1.165) is 5.56 Å². The van der Waals surface area contributed by atoms with Crippen LogP contribution in [-0.2, 0) is 16.1 Å². The molecule has 1 aromatic heterocycles. The Morgan fingerprint density at radius 3 is 2.60 bits per heavy atom. The van der Waals surface area contributed by atoms with Crippen LogP contribution in [-0.4, -0.2) is 65.7 Å². The number of ether oxygens (including phenoxy) is 2. The highest BCUT2D eigenvalue weighted by atomic mass is 35.5. The summed E-state index contributed by atoms with van der Waals surface area (Å²) in [6.07, 6.45) is 1.47. The van der Waals surface area contributed by atoms with E-state index < -0.39 is 5.60 Å². The highest BCUT2D eigenvalue weighted by molar-refractivity contribution is 6.30. The number of morpholine rings is 1. The fraction of sp³-hybridized carbons (Fsp3) is 0.346. The van der Waals surface area contributed by atoms with E-state index in [4.69, 9.17) is 25.6 Å². The number of benzene rings is 2. The second kappa shape index (κ2) is 10.9. The lowest BCUT2D eigenvalue weighted by molar-refractivity contribution is -0.152. The van der Waals surface area contributed by atoms with Gasteiger partial charge in [0.25, 0.3) is 5.91 Å². The maximum absolute atomic E-state index is 13.3. The average Bonchev–Trinajstić information content (AvgIpc) is 3.29. The van der Waals surface area contributed by atoms with Crippen molar-refractivity contribution in [2.75, 3.05) is 33.4 Å². The molecule has 1 saturated heterocycles. The minimum atomic E-state index is -1.03. The second-order valence-corrected chi connectivity index (χ2v) is 9.15. The molecule has 1 aliphatic rings. The van der Waals surface area contributed by atoms with Crippen LogP contribution in [0.25, 0.3) is 0 Å². The molecule has 0 spiro atoms. The van der Waals surface area contributed by atoms with Crippen molar-refractivity contribution in [2.45, 2.75) is 25.5 Å². The SMILES string of the molecule is Cc1oncc1C(=O)N1CCO[C@@](COc2ccc(Cl)cc2)(CC(=O)N(C)Cc2ccccc2)C1. The Labute approximate surface area is 209 Å². The summed E-state index contributed by atoms with van der Waals surface area (Å²) in [5.41, 5.74) is 0.395. The van der Waals surface area contributed by atoms with Crippen LogP contribution in [0.5, 0.6) is 5.75 Å². The number of rotatable bonds is 8. The fourth-order valence-electron chi connectivity index (χ4n) is 4.04. The van der Waals surface area contributed by atoms with Crippen molar-refractivity contribution in [3.05, 3.63) is 82.7 Å². The number of hydrogen-bond acceptors (Lipinski definition) is 6. The molecule has 4 rings (SSSR count). The first-order valence-electron chi connectivity index (χ1n) is 11.4. The number of halogens is 1. The van der Waals surface area contributed by atoms with Crippen LogP contribution < -0.4 is 4.74 Å². The molecule has 0 bridgehead atoms. The van der Waals surface area contributed by atoms with Gasteiger partial charge >= 0.3 is 0 Å². The molecule has 9 heteroatoms. The maximum Gasteiger partial charge on any atom is 0.259 e. The summed E-state index contributed by atoms with van der Waals surface area (Å²) in [6.45, 7) is 3.10. The molecule has 0 unspecified atom stereocenters. The predicted molar refractivity (Wildman–Crippen MR) is 130 cm³/mol. The number of aryl methyl sites for hydroxylation is 1. The lowest BCUT2D eigenvalue weighted by atomic mass is 9.96. The second-order valence-electron chi connectivity index (χ2n) is 8.71. The average molecular weight is 498 g/mol. The summed E-state index contributed by atoms with van der Waals surface area (Å²) < 4.78 is 17.3. The van der Waals surface area contributed by atoms with Crippen molar-refractivity contribution in [3.8, 4) is 5.75 Å². The number of amides is 2. The number of hydrogen-bond donors (Lipinski definition) is 0. The third-order valence-electron chi connectivity index (χ3n) is 5.99. The number of carbonyl (C=O) groups excluding carboxylic acids is 2. The van der Waals surface area contributed by atoms with Gasteiger partial charge in [-0.2, -0.15) is 0 Å². The quantitative estimate of drug-likeness (QED) is 0.468. The van der Waals surface area contributed by atoms with E-state index in [0.29, 0.717) is 35.2 Å². The van der Waals surface area contributed by atoms with E-state index in [9.17, 15) is 9.59 Å². The molecule has 0 aliphatic carbocycles. The Bertz CT molecular complexity index is 1150. The summed E-state index contributed by atoms with van der Waals surface area (Å²) in [5, 5.41) is 4.32. The van der Waals surface area contributed by atoms with Crippen LogP contribution in [0.15, 0.2) is 65.3 Å². The number of nitrogens with zero attached hydrogens (tertiary/aromatic N) is 3. The molecule has 0 N–H and O–H groups in total. The minimum absolute atomic E-state index is 0.0519. The molecule has 1 fully saturated rings. The first-order valence-corrected chi connectivity index (χ1v) is 11.7. The Morgan fingerprint density at radius 2 is 1.91 bits per heavy atom. The van der Waals surface area contributed by atoms with E-state index in [-0.39, 0.29) is 38.0 Å². The summed E-state index contributed by atoms with van der Waals surface area (Å²) in [4.78, 5) is 29.8. The van der Waals surface area contributed by atoms with Gasteiger partial charge in [0, 0.05) is 25.2 Å². The largest absolute Gasteiger partial charge is 0.490 e.